The average Bonchev–Trinajstić information content (AvgIpc) is 2.61. The molecular formula is C24H40N2. The van der Waals surface area contributed by atoms with Crippen molar-refractivity contribution in [3.05, 3.63) is 0 Å². The number of nitrogens with zero attached hydrogens (tertiary/aromatic N) is 2. The second kappa shape index (κ2) is 11.7. The second-order valence-corrected chi connectivity index (χ2v) is 8.52. The van der Waals surface area contributed by atoms with Gasteiger partial charge in [0, 0.05) is 37.0 Å². The summed E-state index contributed by atoms with van der Waals surface area (Å²) in [5, 5.41) is 0. The third kappa shape index (κ3) is 6.98. The predicted molar refractivity (Wildman–Crippen MR) is 113 cm³/mol. The molecule has 2 nitrogen and oxygen atoms in total. The molecular weight excluding hydrogens is 316 g/mol. The van der Waals surface area contributed by atoms with Crippen molar-refractivity contribution in [2.75, 3.05) is 13.1 Å². The van der Waals surface area contributed by atoms with E-state index in [1.165, 1.54) is 51.4 Å². The molecule has 2 heterocycles. The van der Waals surface area contributed by atoms with Crippen molar-refractivity contribution >= 4 is 0 Å². The van der Waals surface area contributed by atoms with Gasteiger partial charge in [-0.25, -0.2) is 0 Å². The van der Waals surface area contributed by atoms with Crippen molar-refractivity contribution < 1.29 is 0 Å². The first kappa shape index (κ1) is 21.3. The fourth-order valence-electron chi connectivity index (χ4n) is 4.47. The number of hydrogen-bond acceptors (Lipinski definition) is 2. The third-order valence-electron chi connectivity index (χ3n) is 6.38. The van der Waals surface area contributed by atoms with Gasteiger partial charge in [-0.2, -0.15) is 0 Å². The van der Waals surface area contributed by atoms with Crippen LogP contribution in [0.1, 0.15) is 91.9 Å². The zero-order valence-corrected chi connectivity index (χ0v) is 17.7. The monoisotopic (exact) mass is 356 g/mol. The molecule has 0 N–H and O–H groups in total. The lowest BCUT2D eigenvalue weighted by atomic mass is 9.98. The largest absolute Gasteiger partial charge is 0.287 e. The molecule has 0 amide bonds. The van der Waals surface area contributed by atoms with E-state index in [4.69, 9.17) is 0 Å². The Morgan fingerprint density at radius 2 is 0.923 bits per heavy atom. The standard InChI is InChI=1S/C24H40N2/c1-21-15-13-16-22(2)25(21)19-11-9-7-5-6-8-10-12-20-26-23(3)17-14-18-24(26)4/h21-24H,5-8,13-20H2,1-4H3/t21-,22-,23-,24-/m1/s1. The van der Waals surface area contributed by atoms with E-state index in [2.05, 4.69) is 61.2 Å². The van der Waals surface area contributed by atoms with Gasteiger partial charge in [0.25, 0.3) is 0 Å². The van der Waals surface area contributed by atoms with Crippen LogP contribution in [0.15, 0.2) is 0 Å². The molecule has 0 aromatic heterocycles. The summed E-state index contributed by atoms with van der Waals surface area (Å²) in [7, 11) is 0. The van der Waals surface area contributed by atoms with Gasteiger partial charge in [-0.05, 0) is 66.2 Å². The van der Waals surface area contributed by atoms with E-state index in [0.717, 1.165) is 25.9 Å². The molecule has 2 aliphatic rings. The Morgan fingerprint density at radius 3 is 1.27 bits per heavy atom. The van der Waals surface area contributed by atoms with Gasteiger partial charge in [0.05, 0.1) is 13.1 Å². The Labute approximate surface area is 163 Å². The molecule has 2 fully saturated rings. The maximum absolute atomic E-state index is 3.40. The quantitative estimate of drug-likeness (QED) is 0.501. The molecule has 0 bridgehead atoms. The highest BCUT2D eigenvalue weighted by molar-refractivity contribution is 5.04. The summed E-state index contributed by atoms with van der Waals surface area (Å²) in [5.41, 5.74) is 0. The number of likely N-dealkylation sites (tertiary alicyclic amines) is 2. The Kier molecular flexibility index (Phi) is 9.60. The van der Waals surface area contributed by atoms with E-state index in [-0.39, 0.29) is 0 Å². The first-order valence-electron chi connectivity index (χ1n) is 11.0. The van der Waals surface area contributed by atoms with Crippen molar-refractivity contribution in [3.8, 4) is 23.7 Å². The summed E-state index contributed by atoms with van der Waals surface area (Å²) < 4.78 is 0. The fourth-order valence-corrected chi connectivity index (χ4v) is 4.47. The van der Waals surface area contributed by atoms with Gasteiger partial charge in [0.2, 0.25) is 0 Å². The van der Waals surface area contributed by atoms with Gasteiger partial charge in [-0.3, -0.25) is 9.80 Å². The molecule has 0 spiro atoms. The Bertz CT molecular complexity index is 450. The van der Waals surface area contributed by atoms with E-state index in [0.29, 0.717) is 24.2 Å². The first-order valence-corrected chi connectivity index (χ1v) is 11.0. The highest BCUT2D eigenvalue weighted by Crippen LogP contribution is 2.22. The zero-order chi connectivity index (χ0) is 18.8. The number of unbranched alkanes of at least 4 members (excludes halogenated alkanes) is 3. The maximum atomic E-state index is 3.40. The number of piperidine rings is 2. The van der Waals surface area contributed by atoms with Crippen molar-refractivity contribution in [1.29, 1.82) is 0 Å². The van der Waals surface area contributed by atoms with Crippen LogP contribution >= 0.6 is 0 Å². The van der Waals surface area contributed by atoms with Crippen LogP contribution in [-0.4, -0.2) is 47.1 Å². The minimum absolute atomic E-state index is 0.702. The Morgan fingerprint density at radius 1 is 0.577 bits per heavy atom. The Hall–Kier alpha value is -0.960. The summed E-state index contributed by atoms with van der Waals surface area (Å²) in [5.74, 6) is 13.6. The van der Waals surface area contributed by atoms with Gasteiger partial charge in [0.1, 0.15) is 0 Å². The van der Waals surface area contributed by atoms with Crippen molar-refractivity contribution in [1.82, 2.24) is 9.80 Å². The van der Waals surface area contributed by atoms with Crippen LogP contribution in [0.3, 0.4) is 0 Å². The Balaban J connectivity index is 1.55. The molecule has 0 aliphatic carbocycles. The third-order valence-corrected chi connectivity index (χ3v) is 6.38. The van der Waals surface area contributed by atoms with E-state index in [9.17, 15) is 0 Å². The maximum Gasteiger partial charge on any atom is 0.0606 e. The molecule has 0 aromatic rings. The summed E-state index contributed by atoms with van der Waals surface area (Å²) in [6.45, 7) is 11.3. The van der Waals surface area contributed by atoms with Gasteiger partial charge in [0.15, 0.2) is 0 Å². The zero-order valence-electron chi connectivity index (χ0n) is 17.7. The van der Waals surface area contributed by atoms with Crippen LogP contribution in [0.5, 0.6) is 0 Å². The smallest absolute Gasteiger partial charge is 0.0606 e. The highest BCUT2D eigenvalue weighted by Gasteiger charge is 2.24. The summed E-state index contributed by atoms with van der Waals surface area (Å²) in [6.07, 6.45) is 12.5. The lowest BCUT2D eigenvalue weighted by Crippen LogP contribution is -2.43. The molecule has 2 saturated heterocycles. The molecule has 0 aromatic carbocycles. The van der Waals surface area contributed by atoms with E-state index in [1.807, 2.05) is 0 Å². The normalized spacial score (nSPS) is 30.2. The molecule has 0 saturated carbocycles. The molecule has 2 rings (SSSR count). The van der Waals surface area contributed by atoms with Gasteiger partial charge in [-0.1, -0.05) is 24.7 Å². The summed E-state index contributed by atoms with van der Waals surface area (Å²) in [6, 6.07) is 2.81. The molecule has 26 heavy (non-hydrogen) atoms. The summed E-state index contributed by atoms with van der Waals surface area (Å²) >= 11 is 0. The molecule has 146 valence electrons. The average molecular weight is 357 g/mol. The van der Waals surface area contributed by atoms with Crippen LogP contribution in [0.2, 0.25) is 0 Å². The van der Waals surface area contributed by atoms with Crippen LogP contribution in [0.25, 0.3) is 0 Å². The van der Waals surface area contributed by atoms with Gasteiger partial charge >= 0.3 is 0 Å². The molecule has 0 radical (unpaired) electrons. The van der Waals surface area contributed by atoms with Crippen molar-refractivity contribution in [2.24, 2.45) is 0 Å². The van der Waals surface area contributed by atoms with Crippen LogP contribution in [0, 0.1) is 23.7 Å². The topological polar surface area (TPSA) is 6.48 Å². The van der Waals surface area contributed by atoms with E-state index < -0.39 is 0 Å². The van der Waals surface area contributed by atoms with Crippen molar-refractivity contribution in [3.63, 3.8) is 0 Å². The lowest BCUT2D eigenvalue weighted by Gasteiger charge is -2.37. The van der Waals surface area contributed by atoms with Gasteiger partial charge in [-0.15, -0.1) is 11.8 Å². The number of rotatable bonds is 5. The highest BCUT2D eigenvalue weighted by atomic mass is 15.2. The SMILES string of the molecule is C[C@@H]1CCC[C@@H](C)N1CC#CCCCCC#CCN1[C@H](C)CCC[C@H]1C. The fraction of sp³-hybridized carbons (Fsp3) is 0.833. The van der Waals surface area contributed by atoms with E-state index >= 15 is 0 Å². The minimum Gasteiger partial charge on any atom is -0.287 e. The number of hydrogen-bond donors (Lipinski definition) is 0. The van der Waals surface area contributed by atoms with E-state index in [1.54, 1.807) is 0 Å². The lowest BCUT2D eigenvalue weighted by molar-refractivity contribution is 0.121. The predicted octanol–water partition coefficient (Wildman–Crippen LogP) is 5.08. The molecule has 4 atom stereocenters. The van der Waals surface area contributed by atoms with Crippen LogP contribution in [-0.2, 0) is 0 Å². The molecule has 2 aliphatic heterocycles. The molecule has 2 heteroatoms. The minimum atomic E-state index is 0.702. The van der Waals surface area contributed by atoms with Crippen molar-refractivity contribution in [2.45, 2.75) is 116 Å². The molecule has 0 unspecified atom stereocenters. The summed E-state index contributed by atoms with van der Waals surface area (Å²) in [4.78, 5) is 5.15. The first-order chi connectivity index (χ1) is 12.6. The van der Waals surface area contributed by atoms with Gasteiger partial charge < -0.3 is 0 Å². The second-order valence-electron chi connectivity index (χ2n) is 8.52. The van der Waals surface area contributed by atoms with Crippen LogP contribution in [0.4, 0.5) is 0 Å². The van der Waals surface area contributed by atoms with Crippen LogP contribution < -0.4 is 0 Å².